The molecule has 2 heterocycles. The van der Waals surface area contributed by atoms with Crippen molar-refractivity contribution in [2.24, 2.45) is 7.05 Å². The largest absolute Gasteiger partial charge is 0.476 e. The number of hydrogen-bond donors (Lipinski definition) is 1. The zero-order valence-electron chi connectivity index (χ0n) is 10.6. The third-order valence-corrected chi connectivity index (χ3v) is 3.78. The van der Waals surface area contributed by atoms with Crippen LogP contribution in [0.25, 0.3) is 5.78 Å². The summed E-state index contributed by atoms with van der Waals surface area (Å²) >= 11 is 0. The minimum atomic E-state index is -0.976. The topological polar surface area (TPSA) is 72.4 Å². The molecule has 2 aromatic rings. The van der Waals surface area contributed by atoms with E-state index < -0.39 is 5.97 Å². The first-order valence-corrected chi connectivity index (χ1v) is 6.25. The highest BCUT2D eigenvalue weighted by Crippen LogP contribution is 2.33. The van der Waals surface area contributed by atoms with Crippen LogP contribution in [0, 0.1) is 6.92 Å². The van der Waals surface area contributed by atoms with Gasteiger partial charge in [-0.1, -0.05) is 12.8 Å². The molecule has 1 aliphatic rings. The van der Waals surface area contributed by atoms with Crippen molar-refractivity contribution in [2.75, 3.05) is 0 Å². The minimum absolute atomic E-state index is 0.171. The van der Waals surface area contributed by atoms with Gasteiger partial charge in [0.2, 0.25) is 5.78 Å². The Morgan fingerprint density at radius 3 is 2.67 bits per heavy atom. The van der Waals surface area contributed by atoms with Crippen molar-refractivity contribution in [3.05, 3.63) is 17.2 Å². The van der Waals surface area contributed by atoms with Crippen LogP contribution < -0.4 is 0 Å². The van der Waals surface area contributed by atoms with Gasteiger partial charge in [-0.15, -0.1) is 0 Å². The zero-order chi connectivity index (χ0) is 12.9. The number of fused-ring (bicyclic) bond motifs is 1. The molecule has 0 amide bonds. The number of imidazole rings is 1. The number of hydrogen-bond acceptors (Lipinski definition) is 3. The van der Waals surface area contributed by atoms with E-state index in [9.17, 15) is 9.90 Å². The van der Waals surface area contributed by atoms with E-state index in [2.05, 4.69) is 10.1 Å². The van der Waals surface area contributed by atoms with Gasteiger partial charge in [0.1, 0.15) is 5.82 Å². The molecule has 18 heavy (non-hydrogen) atoms. The monoisotopic (exact) mass is 248 g/mol. The lowest BCUT2D eigenvalue weighted by atomic mass is 10.1. The van der Waals surface area contributed by atoms with E-state index in [0.29, 0.717) is 17.4 Å². The van der Waals surface area contributed by atoms with Crippen molar-refractivity contribution in [1.29, 1.82) is 0 Å². The first-order chi connectivity index (χ1) is 8.59. The molecule has 3 rings (SSSR count). The van der Waals surface area contributed by atoms with Gasteiger partial charge >= 0.3 is 5.97 Å². The number of aryl methyl sites for hydroxylation is 2. The predicted molar refractivity (Wildman–Crippen MR) is 64.9 cm³/mol. The summed E-state index contributed by atoms with van der Waals surface area (Å²) in [5.74, 6) is 1.04. The molecule has 0 aliphatic heterocycles. The molecule has 0 radical (unpaired) electrons. The molecule has 96 valence electrons. The summed E-state index contributed by atoms with van der Waals surface area (Å²) in [5.41, 5.74) is 0.684. The molecule has 6 nitrogen and oxygen atoms in total. The SMILES string of the molecule is Cc1nc2n(C)c(C3CCCC3)nn2c1C(=O)O. The summed E-state index contributed by atoms with van der Waals surface area (Å²) in [5, 5.41) is 13.7. The Bertz CT molecular complexity index is 620. The number of aromatic carboxylic acids is 1. The predicted octanol–water partition coefficient (Wildman–Crippen LogP) is 1.73. The summed E-state index contributed by atoms with van der Waals surface area (Å²) in [6, 6.07) is 0. The molecular formula is C12H16N4O2. The van der Waals surface area contributed by atoms with E-state index in [1.54, 1.807) is 6.92 Å². The van der Waals surface area contributed by atoms with Crippen molar-refractivity contribution >= 4 is 11.7 Å². The van der Waals surface area contributed by atoms with Crippen molar-refractivity contribution in [3.63, 3.8) is 0 Å². The Balaban J connectivity index is 2.19. The second-order valence-electron chi connectivity index (χ2n) is 4.96. The third-order valence-electron chi connectivity index (χ3n) is 3.78. The van der Waals surface area contributed by atoms with Crippen LogP contribution >= 0.6 is 0 Å². The van der Waals surface area contributed by atoms with Gasteiger partial charge in [0.05, 0.1) is 5.69 Å². The average Bonchev–Trinajstić information content (AvgIpc) is 2.96. The van der Waals surface area contributed by atoms with Crippen molar-refractivity contribution in [1.82, 2.24) is 19.2 Å². The van der Waals surface area contributed by atoms with E-state index in [4.69, 9.17) is 0 Å². The van der Waals surface area contributed by atoms with Crippen LogP contribution in [-0.4, -0.2) is 30.2 Å². The Morgan fingerprint density at radius 1 is 1.39 bits per heavy atom. The number of aromatic nitrogens is 4. The third kappa shape index (κ3) is 1.45. The van der Waals surface area contributed by atoms with E-state index in [1.165, 1.54) is 17.4 Å². The molecule has 0 bridgehead atoms. The molecular weight excluding hydrogens is 232 g/mol. The van der Waals surface area contributed by atoms with Gasteiger partial charge in [0, 0.05) is 13.0 Å². The lowest BCUT2D eigenvalue weighted by Gasteiger charge is -2.06. The maximum atomic E-state index is 11.2. The molecule has 1 N–H and O–H groups in total. The molecule has 0 atom stereocenters. The molecule has 1 aliphatic carbocycles. The van der Waals surface area contributed by atoms with Crippen LogP contribution in [0.1, 0.15) is 53.6 Å². The van der Waals surface area contributed by atoms with E-state index in [-0.39, 0.29) is 5.69 Å². The van der Waals surface area contributed by atoms with Gasteiger partial charge in [-0.25, -0.2) is 9.78 Å². The standard InChI is InChI=1S/C12H16N4O2/c1-7-9(11(17)18)16-12(13-7)15(2)10(14-16)8-5-3-4-6-8/h8H,3-6H2,1-2H3,(H,17,18). The number of nitrogens with zero attached hydrogens (tertiary/aromatic N) is 4. The van der Waals surface area contributed by atoms with Crippen molar-refractivity contribution < 1.29 is 9.90 Å². The first-order valence-electron chi connectivity index (χ1n) is 6.25. The zero-order valence-corrected chi connectivity index (χ0v) is 10.6. The highest BCUT2D eigenvalue weighted by Gasteiger charge is 2.26. The normalized spacial score (nSPS) is 16.8. The van der Waals surface area contributed by atoms with Gasteiger partial charge in [-0.05, 0) is 19.8 Å². The van der Waals surface area contributed by atoms with Crippen LogP contribution in [0.4, 0.5) is 0 Å². The smallest absolute Gasteiger partial charge is 0.356 e. The molecule has 1 fully saturated rings. The summed E-state index contributed by atoms with van der Waals surface area (Å²) in [7, 11) is 1.91. The van der Waals surface area contributed by atoms with Gasteiger partial charge in [0.15, 0.2) is 5.69 Å². The Labute approximate surface area is 104 Å². The quantitative estimate of drug-likeness (QED) is 0.878. The van der Waals surface area contributed by atoms with Gasteiger partial charge in [-0.2, -0.15) is 9.61 Å². The van der Waals surface area contributed by atoms with Crippen LogP contribution in [-0.2, 0) is 7.05 Å². The Kier molecular flexibility index (Phi) is 2.39. The van der Waals surface area contributed by atoms with Gasteiger partial charge < -0.3 is 5.11 Å². The molecule has 6 heteroatoms. The molecule has 1 saturated carbocycles. The summed E-state index contributed by atoms with van der Waals surface area (Å²) in [4.78, 5) is 15.5. The van der Waals surface area contributed by atoms with E-state index in [1.807, 2.05) is 11.6 Å². The molecule has 0 unspecified atom stereocenters. The highest BCUT2D eigenvalue weighted by atomic mass is 16.4. The fraction of sp³-hybridized carbons (Fsp3) is 0.583. The lowest BCUT2D eigenvalue weighted by molar-refractivity contribution is 0.0687. The number of carbonyl (C=O) groups is 1. The van der Waals surface area contributed by atoms with Crippen LogP contribution in [0.3, 0.4) is 0 Å². The van der Waals surface area contributed by atoms with Crippen LogP contribution in [0.15, 0.2) is 0 Å². The summed E-state index contributed by atoms with van der Waals surface area (Å²) in [6.45, 7) is 1.70. The highest BCUT2D eigenvalue weighted by molar-refractivity contribution is 5.87. The van der Waals surface area contributed by atoms with Gasteiger partial charge in [-0.3, -0.25) is 4.57 Å². The van der Waals surface area contributed by atoms with Crippen molar-refractivity contribution in [2.45, 2.75) is 38.5 Å². The second kappa shape index (κ2) is 3.83. The fourth-order valence-corrected chi connectivity index (χ4v) is 2.87. The summed E-state index contributed by atoms with van der Waals surface area (Å²) in [6.07, 6.45) is 4.72. The number of carboxylic acids is 1. The average molecular weight is 248 g/mol. The maximum Gasteiger partial charge on any atom is 0.356 e. The van der Waals surface area contributed by atoms with E-state index >= 15 is 0 Å². The van der Waals surface area contributed by atoms with Crippen LogP contribution in [0.5, 0.6) is 0 Å². The molecule has 0 spiro atoms. The fourth-order valence-electron chi connectivity index (χ4n) is 2.87. The second-order valence-corrected chi connectivity index (χ2v) is 4.96. The maximum absolute atomic E-state index is 11.2. The van der Waals surface area contributed by atoms with Crippen LogP contribution in [0.2, 0.25) is 0 Å². The van der Waals surface area contributed by atoms with E-state index in [0.717, 1.165) is 18.7 Å². The molecule has 2 aromatic heterocycles. The Morgan fingerprint density at radius 2 is 2.06 bits per heavy atom. The Hall–Kier alpha value is -1.85. The minimum Gasteiger partial charge on any atom is -0.476 e. The number of rotatable bonds is 2. The van der Waals surface area contributed by atoms with Crippen molar-refractivity contribution in [3.8, 4) is 0 Å². The lowest BCUT2D eigenvalue weighted by Crippen LogP contribution is -2.06. The van der Waals surface area contributed by atoms with Gasteiger partial charge in [0.25, 0.3) is 0 Å². The first kappa shape index (κ1) is 11.3. The number of carboxylic acid groups (broad SMARTS) is 1. The summed E-state index contributed by atoms with van der Waals surface area (Å²) < 4.78 is 3.39. The molecule has 0 aromatic carbocycles. The molecule has 0 saturated heterocycles.